The fraction of sp³-hybridized carbons (Fsp3) is 0.667. The maximum Gasteiger partial charge on any atom is 0.0676 e. The standard InChI is InChI=1S/C39H61N3/c1-6-13-31(7-2)15-9-10-16-33-21-24-36(41-28-33)23-20-32(8-3)26-35-27-34(22-19-29(35)4)37-17-12-25-40-39(37)38-18-11-14-30(5)42-38/h7,12,19-20,22-23,25,28,30,32-36,38,40,42H,4,6,8-11,13-18,21,24,26-27H2,1-3,5H3/b23-20+,31-7+. The molecule has 0 aromatic carbocycles. The van der Waals surface area contributed by atoms with Gasteiger partial charge in [-0.05, 0) is 127 Å². The molecule has 0 aromatic heterocycles. The summed E-state index contributed by atoms with van der Waals surface area (Å²) in [6.45, 7) is 13.7. The molecule has 7 unspecified atom stereocenters. The molecule has 0 spiro atoms. The van der Waals surface area contributed by atoms with Gasteiger partial charge >= 0.3 is 0 Å². The number of allylic oxidation sites excluding steroid dienone is 8. The molecule has 3 aliphatic heterocycles. The Morgan fingerprint density at radius 3 is 2.76 bits per heavy atom. The van der Waals surface area contributed by atoms with Gasteiger partial charge in [-0.15, -0.1) is 0 Å². The quantitative estimate of drug-likeness (QED) is 0.161. The van der Waals surface area contributed by atoms with Gasteiger partial charge in [0.2, 0.25) is 0 Å². The summed E-state index contributed by atoms with van der Waals surface area (Å²) < 4.78 is 0. The van der Waals surface area contributed by atoms with E-state index < -0.39 is 0 Å². The van der Waals surface area contributed by atoms with E-state index >= 15 is 0 Å². The fourth-order valence-electron chi connectivity index (χ4n) is 7.65. The van der Waals surface area contributed by atoms with Gasteiger partial charge in [-0.1, -0.05) is 80.9 Å². The number of nitrogens with one attached hydrogen (secondary N) is 2. The number of dihydropyridines is 1. The largest absolute Gasteiger partial charge is 0.364 e. The molecule has 232 valence electrons. The SMILES string of the molecule is C=C1C=CC(C2=C(C3CCCC(C)N3)NC=CC2)CC1CC(/C=C/C1CCC(CCCC/C(=C/C)CCC)C=N1)CC. The van der Waals surface area contributed by atoms with Crippen molar-refractivity contribution in [3.63, 3.8) is 0 Å². The van der Waals surface area contributed by atoms with Crippen LogP contribution in [0.3, 0.4) is 0 Å². The van der Waals surface area contributed by atoms with E-state index in [0.29, 0.717) is 41.8 Å². The van der Waals surface area contributed by atoms with Crippen molar-refractivity contribution in [3.05, 3.63) is 71.7 Å². The molecule has 3 heterocycles. The molecular formula is C39H61N3. The Morgan fingerprint density at radius 1 is 1.14 bits per heavy atom. The first kappa shape index (κ1) is 32.8. The Bertz CT molecular complexity index is 1040. The first-order chi connectivity index (χ1) is 20.5. The van der Waals surface area contributed by atoms with Gasteiger partial charge in [0.05, 0.1) is 6.04 Å². The zero-order valence-corrected chi connectivity index (χ0v) is 27.4. The lowest BCUT2D eigenvalue weighted by Gasteiger charge is -2.36. The van der Waals surface area contributed by atoms with Crippen molar-refractivity contribution in [3.8, 4) is 0 Å². The van der Waals surface area contributed by atoms with Crippen LogP contribution in [0.2, 0.25) is 0 Å². The monoisotopic (exact) mass is 571 g/mol. The van der Waals surface area contributed by atoms with Crippen LogP contribution >= 0.6 is 0 Å². The Hall–Kier alpha value is -2.13. The van der Waals surface area contributed by atoms with Crippen molar-refractivity contribution < 1.29 is 0 Å². The third-order valence-corrected chi connectivity index (χ3v) is 10.4. The number of unbranched alkanes of at least 4 members (excludes halogenated alkanes) is 1. The van der Waals surface area contributed by atoms with Crippen LogP contribution in [0.1, 0.15) is 124 Å². The van der Waals surface area contributed by atoms with Gasteiger partial charge in [-0.3, -0.25) is 4.99 Å². The molecule has 7 atom stereocenters. The summed E-state index contributed by atoms with van der Waals surface area (Å²) in [7, 11) is 0. The number of hydrogen-bond donors (Lipinski definition) is 2. The van der Waals surface area contributed by atoms with E-state index in [9.17, 15) is 0 Å². The molecule has 42 heavy (non-hydrogen) atoms. The lowest BCUT2D eigenvalue weighted by atomic mass is 9.74. The second-order valence-corrected chi connectivity index (χ2v) is 13.6. The lowest BCUT2D eigenvalue weighted by Crippen LogP contribution is -2.45. The average molecular weight is 572 g/mol. The summed E-state index contributed by atoms with van der Waals surface area (Å²) in [4.78, 5) is 4.99. The minimum atomic E-state index is 0.370. The van der Waals surface area contributed by atoms with Crippen LogP contribution in [0.4, 0.5) is 0 Å². The summed E-state index contributed by atoms with van der Waals surface area (Å²) in [5.74, 6) is 2.33. The molecule has 1 aliphatic carbocycles. The Morgan fingerprint density at radius 2 is 2.02 bits per heavy atom. The molecule has 0 saturated carbocycles. The number of nitrogens with zero attached hydrogens (tertiary/aromatic N) is 1. The number of rotatable bonds is 14. The van der Waals surface area contributed by atoms with Gasteiger partial charge in [-0.25, -0.2) is 0 Å². The summed E-state index contributed by atoms with van der Waals surface area (Å²) in [5, 5.41) is 7.54. The predicted octanol–water partition coefficient (Wildman–Crippen LogP) is 10.2. The van der Waals surface area contributed by atoms with Crippen LogP contribution in [0.25, 0.3) is 0 Å². The Kier molecular flexibility index (Phi) is 13.5. The zero-order chi connectivity index (χ0) is 29.7. The third kappa shape index (κ3) is 9.69. The van der Waals surface area contributed by atoms with Crippen molar-refractivity contribution in [2.75, 3.05) is 0 Å². The molecule has 0 amide bonds. The van der Waals surface area contributed by atoms with E-state index in [1.165, 1.54) is 101 Å². The average Bonchev–Trinajstić information content (AvgIpc) is 3.02. The van der Waals surface area contributed by atoms with Gasteiger partial charge < -0.3 is 10.6 Å². The third-order valence-electron chi connectivity index (χ3n) is 10.4. The molecule has 1 fully saturated rings. The maximum absolute atomic E-state index is 4.99. The molecule has 3 nitrogen and oxygen atoms in total. The summed E-state index contributed by atoms with van der Waals surface area (Å²) in [6.07, 6.45) is 37.5. The number of aliphatic imine (C=N–C) groups is 1. The molecule has 2 N–H and O–H groups in total. The van der Waals surface area contributed by atoms with Gasteiger partial charge in [0.1, 0.15) is 0 Å². The van der Waals surface area contributed by atoms with Gasteiger partial charge in [0.15, 0.2) is 0 Å². The molecule has 4 rings (SSSR count). The highest BCUT2D eigenvalue weighted by molar-refractivity contribution is 5.62. The van der Waals surface area contributed by atoms with Crippen molar-refractivity contribution in [1.29, 1.82) is 0 Å². The fourth-order valence-corrected chi connectivity index (χ4v) is 7.65. The van der Waals surface area contributed by atoms with Crippen molar-refractivity contribution in [2.45, 2.75) is 142 Å². The van der Waals surface area contributed by atoms with Crippen LogP contribution in [0.15, 0.2) is 76.6 Å². The van der Waals surface area contributed by atoms with Crippen LogP contribution in [0, 0.1) is 23.7 Å². The number of piperidine rings is 1. The maximum atomic E-state index is 4.99. The van der Waals surface area contributed by atoms with E-state index in [2.05, 4.69) is 93.8 Å². The van der Waals surface area contributed by atoms with Crippen molar-refractivity contribution >= 4 is 6.21 Å². The zero-order valence-electron chi connectivity index (χ0n) is 27.4. The number of hydrogen-bond acceptors (Lipinski definition) is 3. The summed E-state index contributed by atoms with van der Waals surface area (Å²) in [6, 6.07) is 1.43. The van der Waals surface area contributed by atoms with Gasteiger partial charge in [0, 0.05) is 29.9 Å². The lowest BCUT2D eigenvalue weighted by molar-refractivity contribution is 0.349. The van der Waals surface area contributed by atoms with Crippen molar-refractivity contribution in [2.24, 2.45) is 28.7 Å². The minimum absolute atomic E-state index is 0.370. The summed E-state index contributed by atoms with van der Waals surface area (Å²) >= 11 is 0. The van der Waals surface area contributed by atoms with E-state index in [4.69, 9.17) is 4.99 Å². The van der Waals surface area contributed by atoms with Crippen LogP contribution in [-0.2, 0) is 0 Å². The molecule has 0 bridgehead atoms. The molecular weight excluding hydrogens is 510 g/mol. The molecule has 0 radical (unpaired) electrons. The highest BCUT2D eigenvalue weighted by atomic mass is 15.0. The normalized spacial score (nSPS) is 31.1. The van der Waals surface area contributed by atoms with E-state index in [-0.39, 0.29) is 0 Å². The van der Waals surface area contributed by atoms with Crippen molar-refractivity contribution in [1.82, 2.24) is 10.6 Å². The highest BCUT2D eigenvalue weighted by Crippen LogP contribution is 2.39. The smallest absolute Gasteiger partial charge is 0.0676 e. The second-order valence-electron chi connectivity index (χ2n) is 13.6. The van der Waals surface area contributed by atoms with Gasteiger partial charge in [-0.2, -0.15) is 0 Å². The van der Waals surface area contributed by atoms with Crippen LogP contribution < -0.4 is 10.6 Å². The Balaban J connectivity index is 1.28. The minimum Gasteiger partial charge on any atom is -0.364 e. The molecule has 3 heteroatoms. The Labute approximate surface area is 258 Å². The topological polar surface area (TPSA) is 36.4 Å². The van der Waals surface area contributed by atoms with E-state index in [0.717, 1.165) is 6.42 Å². The molecule has 4 aliphatic rings. The second kappa shape index (κ2) is 17.2. The predicted molar refractivity (Wildman–Crippen MR) is 184 cm³/mol. The van der Waals surface area contributed by atoms with E-state index in [1.54, 1.807) is 11.1 Å². The highest BCUT2D eigenvalue weighted by Gasteiger charge is 2.30. The van der Waals surface area contributed by atoms with Crippen LogP contribution in [0.5, 0.6) is 0 Å². The first-order valence-corrected chi connectivity index (χ1v) is 17.6. The summed E-state index contributed by atoms with van der Waals surface area (Å²) in [5.41, 5.74) is 6.00. The molecule has 1 saturated heterocycles. The van der Waals surface area contributed by atoms with Crippen LogP contribution in [-0.4, -0.2) is 24.3 Å². The van der Waals surface area contributed by atoms with Gasteiger partial charge in [0.25, 0.3) is 0 Å². The molecule has 0 aromatic rings. The first-order valence-electron chi connectivity index (χ1n) is 17.6. The van der Waals surface area contributed by atoms with E-state index in [1.807, 2.05) is 0 Å².